The molecule has 1 aliphatic rings. The molecule has 1 heterocycles. The number of methoxy groups -OCH3 is 1. The lowest BCUT2D eigenvalue weighted by molar-refractivity contribution is -0.126. The number of nitrogens with one attached hydrogen (secondary N) is 2. The number of carbonyl (C=O) groups excluding carboxylic acids is 1. The fourth-order valence-corrected chi connectivity index (χ4v) is 3.03. The third-order valence-corrected chi connectivity index (χ3v) is 4.47. The van der Waals surface area contributed by atoms with E-state index < -0.39 is 0 Å². The molecule has 124 valence electrons. The van der Waals surface area contributed by atoms with Gasteiger partial charge in [-0.3, -0.25) is 9.69 Å². The molecular weight excluding hydrogens is 266 g/mol. The van der Waals surface area contributed by atoms with Crippen molar-refractivity contribution in [2.45, 2.75) is 52.1 Å². The normalized spacial score (nSPS) is 22.8. The Kier molecular flexibility index (Phi) is 8.88. The SMILES string of the molecule is CCNC(C)C1CCCN(C(C)C(=O)NCCCOC)C1. The van der Waals surface area contributed by atoms with E-state index in [4.69, 9.17) is 4.74 Å². The highest BCUT2D eigenvalue weighted by Crippen LogP contribution is 2.21. The second kappa shape index (κ2) is 10.1. The Balaban J connectivity index is 2.38. The van der Waals surface area contributed by atoms with E-state index >= 15 is 0 Å². The summed E-state index contributed by atoms with van der Waals surface area (Å²) in [5.41, 5.74) is 0. The molecule has 0 saturated carbocycles. The van der Waals surface area contributed by atoms with Crippen molar-refractivity contribution in [3.8, 4) is 0 Å². The maximum Gasteiger partial charge on any atom is 0.237 e. The zero-order valence-corrected chi connectivity index (χ0v) is 14.2. The first-order chi connectivity index (χ1) is 10.1. The Hall–Kier alpha value is -0.650. The maximum atomic E-state index is 12.2. The van der Waals surface area contributed by atoms with Crippen LogP contribution >= 0.6 is 0 Å². The van der Waals surface area contributed by atoms with Crippen molar-refractivity contribution < 1.29 is 9.53 Å². The Morgan fingerprint density at radius 2 is 2.19 bits per heavy atom. The number of rotatable bonds is 9. The van der Waals surface area contributed by atoms with Crippen LogP contribution in [0.4, 0.5) is 0 Å². The molecule has 1 rings (SSSR count). The van der Waals surface area contributed by atoms with Gasteiger partial charge in [-0.15, -0.1) is 0 Å². The Morgan fingerprint density at radius 1 is 1.43 bits per heavy atom. The van der Waals surface area contributed by atoms with E-state index in [2.05, 4.69) is 29.4 Å². The highest BCUT2D eigenvalue weighted by molar-refractivity contribution is 5.81. The van der Waals surface area contributed by atoms with Crippen LogP contribution in [0.3, 0.4) is 0 Å². The molecule has 0 aliphatic carbocycles. The molecule has 1 fully saturated rings. The minimum absolute atomic E-state index is 0.0378. The van der Waals surface area contributed by atoms with Gasteiger partial charge in [-0.1, -0.05) is 6.92 Å². The van der Waals surface area contributed by atoms with Gasteiger partial charge in [-0.05, 0) is 52.1 Å². The quantitative estimate of drug-likeness (QED) is 0.629. The minimum Gasteiger partial charge on any atom is -0.385 e. The molecule has 0 bridgehead atoms. The molecule has 0 spiro atoms. The molecule has 0 aromatic carbocycles. The van der Waals surface area contributed by atoms with Crippen molar-refractivity contribution in [3.05, 3.63) is 0 Å². The van der Waals surface area contributed by atoms with Gasteiger partial charge in [0.2, 0.25) is 5.91 Å². The summed E-state index contributed by atoms with van der Waals surface area (Å²) in [6.45, 7) is 10.9. The van der Waals surface area contributed by atoms with Crippen LogP contribution in [0.15, 0.2) is 0 Å². The van der Waals surface area contributed by atoms with Crippen LogP contribution in [-0.2, 0) is 9.53 Å². The number of hydrogen-bond donors (Lipinski definition) is 2. The van der Waals surface area contributed by atoms with Crippen molar-refractivity contribution in [1.82, 2.24) is 15.5 Å². The van der Waals surface area contributed by atoms with Crippen LogP contribution in [0.1, 0.15) is 40.0 Å². The lowest BCUT2D eigenvalue weighted by Gasteiger charge is -2.38. The first kappa shape index (κ1) is 18.4. The third-order valence-electron chi connectivity index (χ3n) is 4.47. The summed E-state index contributed by atoms with van der Waals surface area (Å²) in [4.78, 5) is 14.5. The lowest BCUT2D eigenvalue weighted by atomic mass is 9.90. The number of hydrogen-bond acceptors (Lipinski definition) is 4. The number of nitrogens with zero attached hydrogens (tertiary/aromatic N) is 1. The topological polar surface area (TPSA) is 53.6 Å². The van der Waals surface area contributed by atoms with Gasteiger partial charge in [0.25, 0.3) is 0 Å². The molecule has 1 saturated heterocycles. The summed E-state index contributed by atoms with van der Waals surface area (Å²) in [5.74, 6) is 0.783. The molecule has 0 radical (unpaired) electrons. The highest BCUT2D eigenvalue weighted by atomic mass is 16.5. The molecule has 2 N–H and O–H groups in total. The summed E-state index contributed by atoms with van der Waals surface area (Å²) < 4.78 is 5.00. The predicted octanol–water partition coefficient (Wildman–Crippen LogP) is 1.24. The Bertz CT molecular complexity index is 299. The smallest absolute Gasteiger partial charge is 0.237 e. The van der Waals surface area contributed by atoms with E-state index in [1.54, 1.807) is 7.11 Å². The molecule has 21 heavy (non-hydrogen) atoms. The monoisotopic (exact) mass is 299 g/mol. The summed E-state index contributed by atoms with van der Waals surface area (Å²) in [6, 6.07) is 0.485. The molecule has 0 aromatic heterocycles. The molecule has 0 aromatic rings. The van der Waals surface area contributed by atoms with Crippen molar-refractivity contribution in [2.24, 2.45) is 5.92 Å². The van der Waals surface area contributed by atoms with Gasteiger partial charge in [0.1, 0.15) is 0 Å². The first-order valence-electron chi connectivity index (χ1n) is 8.34. The summed E-state index contributed by atoms with van der Waals surface area (Å²) in [6.07, 6.45) is 3.31. The number of amides is 1. The van der Waals surface area contributed by atoms with Crippen LogP contribution in [0.5, 0.6) is 0 Å². The van der Waals surface area contributed by atoms with E-state index in [0.29, 0.717) is 25.1 Å². The number of piperidine rings is 1. The van der Waals surface area contributed by atoms with Gasteiger partial charge in [0.05, 0.1) is 6.04 Å². The lowest BCUT2D eigenvalue weighted by Crippen LogP contribution is -2.52. The average Bonchev–Trinajstić information content (AvgIpc) is 2.51. The van der Waals surface area contributed by atoms with Crippen molar-refractivity contribution in [3.63, 3.8) is 0 Å². The van der Waals surface area contributed by atoms with Gasteiger partial charge in [-0.2, -0.15) is 0 Å². The van der Waals surface area contributed by atoms with Crippen LogP contribution in [0, 0.1) is 5.92 Å². The second-order valence-electron chi connectivity index (χ2n) is 6.06. The number of ether oxygens (including phenoxy) is 1. The van der Waals surface area contributed by atoms with E-state index in [9.17, 15) is 4.79 Å². The molecule has 3 unspecified atom stereocenters. The van der Waals surface area contributed by atoms with E-state index in [1.165, 1.54) is 12.8 Å². The fourth-order valence-electron chi connectivity index (χ4n) is 3.03. The zero-order chi connectivity index (χ0) is 15.7. The summed E-state index contributed by atoms with van der Waals surface area (Å²) in [7, 11) is 1.68. The fraction of sp³-hybridized carbons (Fsp3) is 0.938. The number of carbonyl (C=O) groups is 1. The van der Waals surface area contributed by atoms with E-state index in [-0.39, 0.29) is 11.9 Å². The summed E-state index contributed by atoms with van der Waals surface area (Å²) in [5, 5.41) is 6.52. The largest absolute Gasteiger partial charge is 0.385 e. The Morgan fingerprint density at radius 3 is 2.86 bits per heavy atom. The van der Waals surface area contributed by atoms with Crippen LogP contribution in [0.2, 0.25) is 0 Å². The highest BCUT2D eigenvalue weighted by Gasteiger charge is 2.29. The Labute approximate surface area is 129 Å². The molecule has 5 heteroatoms. The standard InChI is InChI=1S/C16H33N3O2/c1-5-17-13(2)15-8-6-10-19(12-15)14(3)16(20)18-9-7-11-21-4/h13-15,17H,5-12H2,1-4H3,(H,18,20). The number of likely N-dealkylation sites (tertiary alicyclic amines) is 1. The van der Waals surface area contributed by atoms with Crippen molar-refractivity contribution >= 4 is 5.91 Å². The van der Waals surface area contributed by atoms with E-state index in [0.717, 1.165) is 26.1 Å². The second-order valence-corrected chi connectivity index (χ2v) is 6.06. The maximum absolute atomic E-state index is 12.2. The van der Waals surface area contributed by atoms with Crippen molar-refractivity contribution in [1.29, 1.82) is 0 Å². The predicted molar refractivity (Wildman–Crippen MR) is 86.4 cm³/mol. The zero-order valence-electron chi connectivity index (χ0n) is 14.2. The van der Waals surface area contributed by atoms with Crippen LogP contribution in [-0.4, -0.2) is 62.8 Å². The average molecular weight is 299 g/mol. The van der Waals surface area contributed by atoms with E-state index in [1.807, 2.05) is 6.92 Å². The molecule has 1 amide bonds. The van der Waals surface area contributed by atoms with Gasteiger partial charge in [0, 0.05) is 32.8 Å². The van der Waals surface area contributed by atoms with Gasteiger partial charge < -0.3 is 15.4 Å². The summed E-state index contributed by atoms with van der Waals surface area (Å²) >= 11 is 0. The third kappa shape index (κ3) is 6.32. The molecule has 3 atom stereocenters. The van der Waals surface area contributed by atoms with Gasteiger partial charge in [0.15, 0.2) is 0 Å². The molecule has 5 nitrogen and oxygen atoms in total. The van der Waals surface area contributed by atoms with Crippen LogP contribution < -0.4 is 10.6 Å². The molecule has 1 aliphatic heterocycles. The first-order valence-corrected chi connectivity index (χ1v) is 8.34. The van der Waals surface area contributed by atoms with Gasteiger partial charge in [-0.25, -0.2) is 0 Å². The van der Waals surface area contributed by atoms with Crippen molar-refractivity contribution in [2.75, 3.05) is 39.9 Å². The van der Waals surface area contributed by atoms with Gasteiger partial charge >= 0.3 is 0 Å². The van der Waals surface area contributed by atoms with Crippen LogP contribution in [0.25, 0.3) is 0 Å². The minimum atomic E-state index is -0.0378. The molecular formula is C16H33N3O2.